The lowest BCUT2D eigenvalue weighted by atomic mass is 10.1. The van der Waals surface area contributed by atoms with Gasteiger partial charge in [0, 0.05) is 30.7 Å². The minimum absolute atomic E-state index is 0.115. The molecule has 4 rings (SSSR count). The second-order valence-electron chi connectivity index (χ2n) is 7.05. The minimum atomic E-state index is -0.200. The molecule has 1 aliphatic heterocycles. The summed E-state index contributed by atoms with van der Waals surface area (Å²) in [6.07, 6.45) is 4.38. The van der Waals surface area contributed by atoms with Crippen molar-refractivity contribution in [2.75, 3.05) is 11.9 Å². The molecule has 0 saturated heterocycles. The largest absolute Gasteiger partial charge is 0.383 e. The van der Waals surface area contributed by atoms with Gasteiger partial charge < -0.3 is 5.32 Å². The first kappa shape index (κ1) is 18.0. The Morgan fingerprint density at radius 3 is 2.43 bits per heavy atom. The number of imide groups is 1. The van der Waals surface area contributed by atoms with Crippen LogP contribution in [0.4, 0.5) is 5.69 Å². The fourth-order valence-corrected chi connectivity index (χ4v) is 3.46. The number of aromatic nitrogens is 2. The number of hydrogen-bond donors (Lipinski definition) is 1. The molecule has 2 aromatic carbocycles. The van der Waals surface area contributed by atoms with Crippen LogP contribution in [0.5, 0.6) is 0 Å². The third-order valence-electron chi connectivity index (χ3n) is 4.91. The highest BCUT2D eigenvalue weighted by atomic mass is 16.2. The van der Waals surface area contributed by atoms with Gasteiger partial charge in [-0.1, -0.05) is 24.3 Å². The molecule has 1 aliphatic rings. The van der Waals surface area contributed by atoms with Crippen LogP contribution in [0.2, 0.25) is 0 Å². The molecule has 142 valence electrons. The van der Waals surface area contributed by atoms with Crippen LogP contribution < -0.4 is 5.32 Å². The van der Waals surface area contributed by atoms with Crippen LogP contribution in [0.25, 0.3) is 0 Å². The molecule has 0 aliphatic carbocycles. The van der Waals surface area contributed by atoms with Gasteiger partial charge in [-0.3, -0.25) is 19.2 Å². The maximum absolute atomic E-state index is 12.5. The van der Waals surface area contributed by atoms with Gasteiger partial charge in [-0.2, -0.15) is 5.10 Å². The monoisotopic (exact) mass is 374 g/mol. The van der Waals surface area contributed by atoms with E-state index < -0.39 is 0 Å². The van der Waals surface area contributed by atoms with Gasteiger partial charge in [0.2, 0.25) is 0 Å². The first-order chi connectivity index (χ1) is 13.6. The van der Waals surface area contributed by atoms with Gasteiger partial charge >= 0.3 is 0 Å². The molecule has 3 aromatic rings. The summed E-state index contributed by atoms with van der Waals surface area (Å²) in [7, 11) is 0. The lowest BCUT2D eigenvalue weighted by molar-refractivity contribution is 0.0651. The molecule has 1 aromatic heterocycles. The summed E-state index contributed by atoms with van der Waals surface area (Å²) in [6, 6.07) is 17.2. The number of rotatable bonds is 7. The SMILES string of the molecule is CC(CCN1C(=O)c2ccccc2C1=O)Nc1cccc(Cn2cccn2)c1. The lowest BCUT2D eigenvalue weighted by Crippen LogP contribution is -2.33. The number of hydrogen-bond acceptors (Lipinski definition) is 4. The third kappa shape index (κ3) is 3.67. The maximum Gasteiger partial charge on any atom is 0.261 e. The molecule has 2 heterocycles. The van der Waals surface area contributed by atoms with E-state index in [-0.39, 0.29) is 17.9 Å². The Labute approximate surface area is 163 Å². The molecule has 6 nitrogen and oxygen atoms in total. The van der Waals surface area contributed by atoms with Crippen LogP contribution in [0, 0.1) is 0 Å². The molecule has 0 spiro atoms. The Morgan fingerprint density at radius 1 is 1.00 bits per heavy atom. The van der Waals surface area contributed by atoms with Gasteiger partial charge in [-0.05, 0) is 49.2 Å². The smallest absolute Gasteiger partial charge is 0.261 e. The van der Waals surface area contributed by atoms with Crippen molar-refractivity contribution in [1.82, 2.24) is 14.7 Å². The number of nitrogens with zero attached hydrogens (tertiary/aromatic N) is 3. The summed E-state index contributed by atoms with van der Waals surface area (Å²) in [6.45, 7) is 3.16. The molecule has 1 atom stereocenters. The fourth-order valence-electron chi connectivity index (χ4n) is 3.46. The van der Waals surface area contributed by atoms with Gasteiger partial charge in [-0.15, -0.1) is 0 Å². The van der Waals surface area contributed by atoms with E-state index in [0.29, 0.717) is 30.6 Å². The van der Waals surface area contributed by atoms with Crippen LogP contribution in [-0.4, -0.2) is 39.1 Å². The summed E-state index contributed by atoms with van der Waals surface area (Å²) in [5.41, 5.74) is 3.17. The highest BCUT2D eigenvalue weighted by Gasteiger charge is 2.34. The van der Waals surface area contributed by atoms with Gasteiger partial charge in [0.05, 0.1) is 17.7 Å². The number of anilines is 1. The zero-order valence-corrected chi connectivity index (χ0v) is 15.7. The number of carbonyl (C=O) groups is 2. The van der Waals surface area contributed by atoms with E-state index in [1.807, 2.05) is 29.1 Å². The highest BCUT2D eigenvalue weighted by molar-refractivity contribution is 6.21. The molecule has 1 unspecified atom stereocenters. The van der Waals surface area contributed by atoms with Crippen molar-refractivity contribution in [1.29, 1.82) is 0 Å². The molecule has 0 bridgehead atoms. The average Bonchev–Trinajstić information content (AvgIpc) is 3.28. The van der Waals surface area contributed by atoms with Crippen LogP contribution in [0.3, 0.4) is 0 Å². The number of carbonyl (C=O) groups excluding carboxylic acids is 2. The van der Waals surface area contributed by atoms with Crippen molar-refractivity contribution in [3.05, 3.63) is 83.7 Å². The van der Waals surface area contributed by atoms with Crippen molar-refractivity contribution in [2.45, 2.75) is 25.9 Å². The van der Waals surface area contributed by atoms with Gasteiger partial charge in [-0.25, -0.2) is 0 Å². The lowest BCUT2D eigenvalue weighted by Gasteiger charge is -2.19. The van der Waals surface area contributed by atoms with E-state index in [1.54, 1.807) is 30.5 Å². The van der Waals surface area contributed by atoms with Crippen LogP contribution in [0.1, 0.15) is 39.6 Å². The zero-order valence-electron chi connectivity index (χ0n) is 15.7. The van der Waals surface area contributed by atoms with Crippen molar-refractivity contribution < 1.29 is 9.59 Å². The average molecular weight is 374 g/mol. The molecule has 1 N–H and O–H groups in total. The van der Waals surface area contributed by atoms with Crippen molar-refractivity contribution in [2.24, 2.45) is 0 Å². The number of amides is 2. The molecular formula is C22H22N4O2. The number of benzene rings is 2. The number of nitrogens with one attached hydrogen (secondary N) is 1. The molecule has 6 heteroatoms. The Hall–Kier alpha value is -3.41. The van der Waals surface area contributed by atoms with Crippen LogP contribution in [0.15, 0.2) is 67.0 Å². The topological polar surface area (TPSA) is 67.2 Å². The first-order valence-corrected chi connectivity index (χ1v) is 9.40. The predicted octanol–water partition coefficient (Wildman–Crippen LogP) is 3.42. The molecule has 0 radical (unpaired) electrons. The van der Waals surface area contributed by atoms with Gasteiger partial charge in [0.25, 0.3) is 11.8 Å². The van der Waals surface area contributed by atoms with E-state index >= 15 is 0 Å². The Morgan fingerprint density at radius 2 is 1.75 bits per heavy atom. The summed E-state index contributed by atoms with van der Waals surface area (Å²) >= 11 is 0. The third-order valence-corrected chi connectivity index (χ3v) is 4.91. The first-order valence-electron chi connectivity index (χ1n) is 9.40. The Bertz CT molecular complexity index is 962. The predicted molar refractivity (Wildman–Crippen MR) is 107 cm³/mol. The zero-order chi connectivity index (χ0) is 19.5. The summed E-state index contributed by atoms with van der Waals surface area (Å²) in [4.78, 5) is 26.2. The molecule has 2 amide bonds. The molecular weight excluding hydrogens is 352 g/mol. The van der Waals surface area contributed by atoms with Crippen LogP contribution in [-0.2, 0) is 6.54 Å². The summed E-state index contributed by atoms with van der Waals surface area (Å²) in [5, 5.41) is 7.69. The molecule has 0 saturated carbocycles. The molecule has 28 heavy (non-hydrogen) atoms. The van der Waals surface area contributed by atoms with Crippen molar-refractivity contribution in [3.8, 4) is 0 Å². The Kier molecular flexibility index (Phi) is 4.93. The second-order valence-corrected chi connectivity index (χ2v) is 7.05. The fraction of sp³-hybridized carbons (Fsp3) is 0.227. The van der Waals surface area contributed by atoms with Crippen molar-refractivity contribution >= 4 is 17.5 Å². The van der Waals surface area contributed by atoms with E-state index in [0.717, 1.165) is 11.3 Å². The number of fused-ring (bicyclic) bond motifs is 1. The quantitative estimate of drug-likeness (QED) is 0.644. The van der Waals surface area contributed by atoms with E-state index in [9.17, 15) is 9.59 Å². The van der Waals surface area contributed by atoms with Gasteiger partial charge in [0.1, 0.15) is 0 Å². The second kappa shape index (κ2) is 7.68. The van der Waals surface area contributed by atoms with E-state index in [2.05, 4.69) is 29.5 Å². The standard InChI is InChI=1S/C22H22N4O2/c1-16(10-13-26-21(27)19-8-2-3-9-20(19)22(26)28)24-18-7-4-6-17(14-18)15-25-12-5-11-23-25/h2-9,11-12,14,16,24H,10,13,15H2,1H3. The minimum Gasteiger partial charge on any atom is -0.383 e. The maximum atomic E-state index is 12.5. The molecule has 0 fully saturated rings. The van der Waals surface area contributed by atoms with Crippen molar-refractivity contribution in [3.63, 3.8) is 0 Å². The summed E-state index contributed by atoms with van der Waals surface area (Å²) < 4.78 is 1.88. The normalized spacial score (nSPS) is 14.2. The van der Waals surface area contributed by atoms with E-state index in [4.69, 9.17) is 0 Å². The Balaban J connectivity index is 1.35. The highest BCUT2D eigenvalue weighted by Crippen LogP contribution is 2.23. The van der Waals surface area contributed by atoms with Crippen LogP contribution >= 0.6 is 0 Å². The van der Waals surface area contributed by atoms with Gasteiger partial charge in [0.15, 0.2) is 0 Å². The summed E-state index contributed by atoms with van der Waals surface area (Å²) in [5.74, 6) is -0.400. The van der Waals surface area contributed by atoms with E-state index in [1.165, 1.54) is 4.90 Å².